The number of benzene rings is 1. The largest absolute Gasteiger partial charge is 0.417 e. The van der Waals surface area contributed by atoms with Crippen LogP contribution in [-0.2, 0) is 13.2 Å². The molecule has 1 aromatic carbocycles. The summed E-state index contributed by atoms with van der Waals surface area (Å²) in [5, 5.41) is 9.41. The minimum atomic E-state index is -4.59. The lowest BCUT2D eigenvalue weighted by molar-refractivity contribution is -0.138. The topological polar surface area (TPSA) is 79.3 Å². The van der Waals surface area contributed by atoms with Gasteiger partial charge in [0.25, 0.3) is 5.91 Å². The number of nitrogens with zero attached hydrogens (tertiary/aromatic N) is 3. The molecule has 0 unspecified atom stereocenters. The molecule has 10 heteroatoms. The smallest absolute Gasteiger partial charge is 0.338 e. The number of anilines is 1. The maximum Gasteiger partial charge on any atom is 0.417 e. The average Bonchev–Trinajstić information content (AvgIpc) is 3.05. The first-order valence-corrected chi connectivity index (χ1v) is 8.75. The van der Waals surface area contributed by atoms with Crippen molar-refractivity contribution in [1.29, 1.82) is 0 Å². The van der Waals surface area contributed by atoms with Gasteiger partial charge in [0.05, 0.1) is 23.0 Å². The van der Waals surface area contributed by atoms with Gasteiger partial charge >= 0.3 is 12.2 Å². The fourth-order valence-corrected chi connectivity index (χ4v) is 3.15. The molecule has 3 rings (SSSR count). The second kappa shape index (κ2) is 7.91. The highest BCUT2D eigenvalue weighted by atomic mass is 19.4. The van der Waals surface area contributed by atoms with Crippen LogP contribution in [0.25, 0.3) is 0 Å². The Kier molecular flexibility index (Phi) is 5.57. The van der Waals surface area contributed by atoms with Crippen LogP contribution in [-0.4, -0.2) is 45.8 Å². The molecule has 1 aliphatic heterocycles. The Bertz CT molecular complexity index is 857. The van der Waals surface area contributed by atoms with E-state index in [1.807, 2.05) is 0 Å². The number of aromatic nitrogens is 2. The molecule has 0 aliphatic carbocycles. The second-order valence-electron chi connectivity index (χ2n) is 6.61. The van der Waals surface area contributed by atoms with Gasteiger partial charge in [-0.1, -0.05) is 12.1 Å². The molecule has 0 bridgehead atoms. The Balaban J connectivity index is 1.55. The molecule has 1 saturated heterocycles. The molecule has 2 aromatic rings. The van der Waals surface area contributed by atoms with Crippen molar-refractivity contribution in [3.63, 3.8) is 0 Å². The van der Waals surface area contributed by atoms with Crippen LogP contribution in [0, 0.1) is 0 Å². The van der Waals surface area contributed by atoms with Gasteiger partial charge in [0.1, 0.15) is 0 Å². The summed E-state index contributed by atoms with van der Waals surface area (Å²) in [4.78, 5) is 26.0. The van der Waals surface area contributed by atoms with Gasteiger partial charge in [0, 0.05) is 32.4 Å². The third kappa shape index (κ3) is 4.62. The number of hydrogen-bond donors (Lipinski definition) is 2. The molecule has 28 heavy (non-hydrogen) atoms. The number of aryl methyl sites for hydroxylation is 1. The zero-order valence-corrected chi connectivity index (χ0v) is 15.2. The number of carbonyl (C=O) groups is 2. The first-order chi connectivity index (χ1) is 13.2. The van der Waals surface area contributed by atoms with Crippen LogP contribution in [0.1, 0.15) is 28.8 Å². The van der Waals surface area contributed by atoms with Gasteiger partial charge in [-0.3, -0.25) is 9.48 Å². The Labute approximate surface area is 159 Å². The molecular formula is C18H20F3N5O2. The van der Waals surface area contributed by atoms with Gasteiger partial charge in [-0.15, -0.1) is 0 Å². The maximum atomic E-state index is 13.1. The Morgan fingerprint density at radius 2 is 1.86 bits per heavy atom. The number of carbonyl (C=O) groups excluding carboxylic acids is 2. The van der Waals surface area contributed by atoms with Gasteiger partial charge in [-0.25, -0.2) is 4.79 Å². The zero-order chi connectivity index (χ0) is 20.3. The van der Waals surface area contributed by atoms with Crippen molar-refractivity contribution in [2.24, 2.45) is 7.05 Å². The van der Waals surface area contributed by atoms with E-state index in [-0.39, 0.29) is 30.7 Å². The van der Waals surface area contributed by atoms with Gasteiger partial charge < -0.3 is 15.5 Å². The van der Waals surface area contributed by atoms with Crippen LogP contribution >= 0.6 is 0 Å². The van der Waals surface area contributed by atoms with E-state index in [0.717, 1.165) is 6.07 Å². The number of piperidine rings is 1. The van der Waals surface area contributed by atoms with Crippen molar-refractivity contribution in [2.45, 2.75) is 25.1 Å². The highest BCUT2D eigenvalue weighted by Gasteiger charge is 2.36. The summed E-state index contributed by atoms with van der Waals surface area (Å²) in [6.45, 7) is 0.533. The molecule has 2 N–H and O–H groups in total. The lowest BCUT2D eigenvalue weighted by Crippen LogP contribution is -2.47. The van der Waals surface area contributed by atoms with E-state index in [1.54, 1.807) is 17.9 Å². The third-order valence-corrected chi connectivity index (χ3v) is 4.54. The Hall–Kier alpha value is -3.04. The number of halogens is 3. The SMILES string of the molecule is Cn1cc(NC(=O)NC2CCN(C(=O)c3ccccc3C(F)(F)F)CC2)cn1. The summed E-state index contributed by atoms with van der Waals surface area (Å²) >= 11 is 0. The van der Waals surface area contributed by atoms with Crippen LogP contribution in [0.4, 0.5) is 23.7 Å². The van der Waals surface area contributed by atoms with Crippen LogP contribution in [0.15, 0.2) is 36.7 Å². The highest BCUT2D eigenvalue weighted by Crippen LogP contribution is 2.32. The molecule has 2 heterocycles. The van der Waals surface area contributed by atoms with Gasteiger partial charge in [0.15, 0.2) is 0 Å². The number of likely N-dealkylation sites (tertiary alicyclic amines) is 1. The van der Waals surface area contributed by atoms with Crippen molar-refractivity contribution in [3.8, 4) is 0 Å². The number of urea groups is 1. The maximum absolute atomic E-state index is 13.1. The fraction of sp³-hybridized carbons (Fsp3) is 0.389. The third-order valence-electron chi connectivity index (χ3n) is 4.54. The predicted octanol–water partition coefficient (Wildman–Crippen LogP) is 2.87. The second-order valence-corrected chi connectivity index (χ2v) is 6.61. The molecule has 1 fully saturated rings. The van der Waals surface area contributed by atoms with Crippen molar-refractivity contribution in [2.75, 3.05) is 18.4 Å². The van der Waals surface area contributed by atoms with Crippen LogP contribution < -0.4 is 10.6 Å². The van der Waals surface area contributed by atoms with E-state index in [1.165, 1.54) is 29.3 Å². The lowest BCUT2D eigenvalue weighted by atomic mass is 10.0. The molecule has 0 spiro atoms. The standard InChI is InChI=1S/C18H20F3N5O2/c1-25-11-13(10-22-25)24-17(28)23-12-6-8-26(9-7-12)16(27)14-4-2-3-5-15(14)18(19,20)21/h2-5,10-12H,6-9H2,1H3,(H2,23,24,28). The Morgan fingerprint density at radius 1 is 1.18 bits per heavy atom. The summed E-state index contributed by atoms with van der Waals surface area (Å²) in [6.07, 6.45) is -0.505. The number of rotatable bonds is 3. The molecule has 3 amide bonds. The van der Waals surface area contributed by atoms with E-state index in [0.29, 0.717) is 18.5 Å². The summed E-state index contributed by atoms with van der Waals surface area (Å²) in [7, 11) is 1.73. The minimum Gasteiger partial charge on any atom is -0.338 e. The summed E-state index contributed by atoms with van der Waals surface area (Å²) < 4.78 is 40.9. The van der Waals surface area contributed by atoms with Crippen molar-refractivity contribution >= 4 is 17.6 Å². The number of hydrogen-bond acceptors (Lipinski definition) is 3. The molecule has 7 nitrogen and oxygen atoms in total. The molecule has 1 aromatic heterocycles. The van der Waals surface area contributed by atoms with Gasteiger partial charge in [-0.05, 0) is 25.0 Å². The van der Waals surface area contributed by atoms with Crippen LogP contribution in [0.5, 0.6) is 0 Å². The highest BCUT2D eigenvalue weighted by molar-refractivity contribution is 5.96. The quantitative estimate of drug-likeness (QED) is 0.839. The summed E-state index contributed by atoms with van der Waals surface area (Å²) in [6, 6.07) is 4.22. The zero-order valence-electron chi connectivity index (χ0n) is 15.2. The molecule has 1 aliphatic rings. The van der Waals surface area contributed by atoms with Crippen molar-refractivity contribution in [1.82, 2.24) is 20.0 Å². The summed E-state index contributed by atoms with van der Waals surface area (Å²) in [5.74, 6) is -0.647. The monoisotopic (exact) mass is 395 g/mol. The van der Waals surface area contributed by atoms with Crippen LogP contribution in [0.2, 0.25) is 0 Å². The molecule has 0 atom stereocenters. The number of nitrogens with one attached hydrogen (secondary N) is 2. The van der Waals surface area contributed by atoms with E-state index >= 15 is 0 Å². The average molecular weight is 395 g/mol. The van der Waals surface area contributed by atoms with E-state index in [4.69, 9.17) is 0 Å². The van der Waals surface area contributed by atoms with Crippen molar-refractivity contribution < 1.29 is 22.8 Å². The molecule has 0 saturated carbocycles. The fourth-order valence-electron chi connectivity index (χ4n) is 3.15. The van der Waals surface area contributed by atoms with Crippen LogP contribution in [0.3, 0.4) is 0 Å². The van der Waals surface area contributed by atoms with E-state index < -0.39 is 17.6 Å². The van der Waals surface area contributed by atoms with E-state index in [9.17, 15) is 22.8 Å². The normalized spacial score (nSPS) is 15.4. The van der Waals surface area contributed by atoms with Gasteiger partial charge in [-0.2, -0.15) is 18.3 Å². The predicted molar refractivity (Wildman–Crippen MR) is 95.7 cm³/mol. The molecule has 0 radical (unpaired) electrons. The lowest BCUT2D eigenvalue weighted by Gasteiger charge is -2.33. The Morgan fingerprint density at radius 3 is 2.46 bits per heavy atom. The van der Waals surface area contributed by atoms with Gasteiger partial charge in [0.2, 0.25) is 0 Å². The summed E-state index contributed by atoms with van der Waals surface area (Å²) in [5.41, 5.74) is -0.733. The molecule has 150 valence electrons. The van der Waals surface area contributed by atoms with E-state index in [2.05, 4.69) is 15.7 Å². The molecular weight excluding hydrogens is 375 g/mol. The minimum absolute atomic E-state index is 0.168. The first kappa shape index (κ1) is 19.7. The van der Waals surface area contributed by atoms with Crippen molar-refractivity contribution in [3.05, 3.63) is 47.8 Å². The number of alkyl halides is 3. The number of amides is 3. The first-order valence-electron chi connectivity index (χ1n) is 8.75.